The van der Waals surface area contributed by atoms with Crippen LogP contribution >= 0.6 is 23.8 Å². The van der Waals surface area contributed by atoms with Gasteiger partial charge in [0.25, 0.3) is 0 Å². The Labute approximate surface area is 211 Å². The zero-order chi connectivity index (χ0) is 24.2. The summed E-state index contributed by atoms with van der Waals surface area (Å²) in [6.45, 7) is 8.67. The summed E-state index contributed by atoms with van der Waals surface area (Å²) in [6.07, 6.45) is 1.80. The molecule has 0 bridgehead atoms. The molecule has 0 spiro atoms. The summed E-state index contributed by atoms with van der Waals surface area (Å²) in [6, 6.07) is 16.0. The molecule has 1 aliphatic rings. The fraction of sp³-hybridized carbons (Fsp3) is 0.423. The van der Waals surface area contributed by atoms with Gasteiger partial charge in [0.15, 0.2) is 5.82 Å². The van der Waals surface area contributed by atoms with Crippen LogP contribution in [0.5, 0.6) is 0 Å². The lowest BCUT2D eigenvalue weighted by atomic mass is 9.99. The van der Waals surface area contributed by atoms with Gasteiger partial charge in [-0.05, 0) is 80.3 Å². The molecule has 8 heteroatoms. The molecule has 0 amide bonds. The molecule has 1 fully saturated rings. The van der Waals surface area contributed by atoms with Gasteiger partial charge in [0.2, 0.25) is 4.77 Å². The average Bonchev–Trinajstić information content (AvgIpc) is 3.15. The van der Waals surface area contributed by atoms with E-state index >= 15 is 0 Å². The molecule has 2 heterocycles. The predicted molar refractivity (Wildman–Crippen MR) is 138 cm³/mol. The van der Waals surface area contributed by atoms with Crippen molar-refractivity contribution in [2.24, 2.45) is 5.92 Å². The number of rotatable bonds is 7. The molecular weight excluding hydrogens is 468 g/mol. The van der Waals surface area contributed by atoms with Gasteiger partial charge < -0.3 is 4.74 Å². The highest BCUT2D eigenvalue weighted by Gasteiger charge is 2.28. The highest BCUT2D eigenvalue weighted by Crippen LogP contribution is 2.29. The smallest absolute Gasteiger partial charge is 0.310 e. The first-order chi connectivity index (χ1) is 16.4. The fourth-order valence-electron chi connectivity index (χ4n) is 4.51. The predicted octanol–water partition coefficient (Wildman–Crippen LogP) is 6.08. The van der Waals surface area contributed by atoms with Crippen molar-refractivity contribution in [1.82, 2.24) is 19.2 Å². The average molecular weight is 499 g/mol. The van der Waals surface area contributed by atoms with Gasteiger partial charge in [-0.3, -0.25) is 14.3 Å². The zero-order valence-electron chi connectivity index (χ0n) is 19.9. The van der Waals surface area contributed by atoms with Gasteiger partial charge in [-0.2, -0.15) is 0 Å². The molecule has 1 aliphatic heterocycles. The molecule has 3 aromatic rings. The zero-order valence-corrected chi connectivity index (χ0v) is 21.5. The maximum absolute atomic E-state index is 12.3. The number of carbonyl (C=O) groups excluding carboxylic acids is 1. The van der Waals surface area contributed by atoms with Crippen LogP contribution in [0.2, 0.25) is 5.02 Å². The van der Waals surface area contributed by atoms with Crippen molar-refractivity contribution in [1.29, 1.82) is 0 Å². The number of benzene rings is 2. The van der Waals surface area contributed by atoms with Crippen molar-refractivity contribution in [2.45, 2.75) is 46.2 Å². The third-order valence-corrected chi connectivity index (χ3v) is 6.85. The minimum absolute atomic E-state index is 0.109. The van der Waals surface area contributed by atoms with E-state index in [1.54, 1.807) is 0 Å². The number of hydrogen-bond acceptors (Lipinski definition) is 5. The SMILES string of the molecule is CCOC(=O)[C@H]1CCCN(Cn2nc(-c3ccc(Cl)cc3)n(-c3ccccc3C(C)C)c2=S)C1. The molecule has 2 aromatic carbocycles. The van der Waals surface area contributed by atoms with E-state index < -0.39 is 0 Å². The summed E-state index contributed by atoms with van der Waals surface area (Å²) in [5.41, 5.74) is 3.17. The number of ether oxygens (including phenoxy) is 1. The lowest BCUT2D eigenvalue weighted by molar-refractivity contribution is -0.150. The number of carbonyl (C=O) groups is 1. The van der Waals surface area contributed by atoms with Crippen LogP contribution in [0.3, 0.4) is 0 Å². The Morgan fingerprint density at radius 3 is 2.65 bits per heavy atom. The molecule has 180 valence electrons. The Morgan fingerprint density at radius 2 is 1.94 bits per heavy atom. The molecule has 0 aliphatic carbocycles. The number of hydrogen-bond donors (Lipinski definition) is 0. The summed E-state index contributed by atoms with van der Waals surface area (Å²) in [5.74, 6) is 0.872. The normalized spacial score (nSPS) is 16.7. The van der Waals surface area contributed by atoms with Crippen LogP contribution in [0.15, 0.2) is 48.5 Å². The van der Waals surface area contributed by atoms with E-state index in [4.69, 9.17) is 33.7 Å². The number of halogens is 1. The number of esters is 1. The van der Waals surface area contributed by atoms with Crippen LogP contribution < -0.4 is 0 Å². The topological polar surface area (TPSA) is 52.3 Å². The Hall–Kier alpha value is -2.48. The van der Waals surface area contributed by atoms with E-state index in [-0.39, 0.29) is 11.9 Å². The van der Waals surface area contributed by atoms with Crippen molar-refractivity contribution in [2.75, 3.05) is 19.7 Å². The van der Waals surface area contributed by atoms with Crippen molar-refractivity contribution in [3.63, 3.8) is 0 Å². The van der Waals surface area contributed by atoms with Gasteiger partial charge in [0, 0.05) is 17.1 Å². The molecule has 0 saturated carbocycles. The molecule has 1 saturated heterocycles. The first-order valence-electron chi connectivity index (χ1n) is 11.8. The molecule has 0 N–H and O–H groups in total. The van der Waals surface area contributed by atoms with Crippen LogP contribution in [0.1, 0.15) is 45.1 Å². The van der Waals surface area contributed by atoms with Crippen LogP contribution in [0.4, 0.5) is 0 Å². The van der Waals surface area contributed by atoms with Crippen LogP contribution in [0.25, 0.3) is 17.1 Å². The second kappa shape index (κ2) is 10.8. The van der Waals surface area contributed by atoms with E-state index in [0.29, 0.717) is 35.5 Å². The van der Waals surface area contributed by atoms with Crippen molar-refractivity contribution < 1.29 is 9.53 Å². The summed E-state index contributed by atoms with van der Waals surface area (Å²) in [5, 5.41) is 5.64. The third-order valence-electron chi connectivity index (χ3n) is 6.20. The molecule has 1 aromatic heterocycles. The summed E-state index contributed by atoms with van der Waals surface area (Å²) < 4.78 is 9.81. The fourth-order valence-corrected chi connectivity index (χ4v) is 4.92. The summed E-state index contributed by atoms with van der Waals surface area (Å²) in [4.78, 5) is 14.5. The Kier molecular flexibility index (Phi) is 7.86. The van der Waals surface area contributed by atoms with Crippen molar-refractivity contribution in [3.8, 4) is 17.1 Å². The Bertz CT molecular complexity index is 1200. The Balaban J connectivity index is 1.74. The van der Waals surface area contributed by atoms with Crippen molar-refractivity contribution >= 4 is 29.8 Å². The molecule has 6 nitrogen and oxygen atoms in total. The molecule has 34 heavy (non-hydrogen) atoms. The quantitative estimate of drug-likeness (QED) is 0.292. The number of nitrogens with zero attached hydrogens (tertiary/aromatic N) is 4. The minimum Gasteiger partial charge on any atom is -0.466 e. The van der Waals surface area contributed by atoms with E-state index in [2.05, 4.69) is 41.5 Å². The number of likely N-dealkylation sites (tertiary alicyclic amines) is 1. The molecular formula is C26H31ClN4O2S. The van der Waals surface area contributed by atoms with Gasteiger partial charge in [0.05, 0.1) is 24.9 Å². The highest BCUT2D eigenvalue weighted by molar-refractivity contribution is 7.71. The Morgan fingerprint density at radius 1 is 1.21 bits per heavy atom. The van der Waals surface area contributed by atoms with Gasteiger partial charge in [-0.15, -0.1) is 5.10 Å². The number of para-hydroxylation sites is 1. The van der Waals surface area contributed by atoms with Crippen molar-refractivity contribution in [3.05, 3.63) is 63.9 Å². The molecule has 1 atom stereocenters. The molecule has 0 radical (unpaired) electrons. The van der Waals surface area contributed by atoms with E-state index in [1.165, 1.54) is 5.56 Å². The van der Waals surface area contributed by atoms with Gasteiger partial charge in [0.1, 0.15) is 0 Å². The molecule has 4 rings (SSSR count). The number of piperidine rings is 1. The number of aromatic nitrogens is 3. The summed E-state index contributed by atoms with van der Waals surface area (Å²) >= 11 is 12.1. The first-order valence-corrected chi connectivity index (χ1v) is 12.6. The maximum Gasteiger partial charge on any atom is 0.310 e. The van der Waals surface area contributed by atoms with E-state index in [1.807, 2.05) is 41.9 Å². The second-order valence-corrected chi connectivity index (χ2v) is 9.77. The summed E-state index contributed by atoms with van der Waals surface area (Å²) in [7, 11) is 0. The molecule has 0 unspecified atom stereocenters. The minimum atomic E-state index is -0.117. The lowest BCUT2D eigenvalue weighted by Gasteiger charge is -2.31. The standard InChI is InChI=1S/C26H31ClN4O2S/c1-4-33-25(32)20-8-7-15-29(16-20)17-30-26(34)31(23-10-6-5-9-22(23)18(2)3)24(28-30)19-11-13-21(27)14-12-19/h5-6,9-14,18,20H,4,7-8,15-17H2,1-3H3/t20-/m0/s1. The lowest BCUT2D eigenvalue weighted by Crippen LogP contribution is -2.40. The second-order valence-electron chi connectivity index (χ2n) is 8.97. The van der Waals surface area contributed by atoms with Gasteiger partial charge in [-0.1, -0.05) is 43.6 Å². The van der Waals surface area contributed by atoms with Crippen LogP contribution in [0, 0.1) is 10.7 Å². The van der Waals surface area contributed by atoms with Crippen LogP contribution in [-0.2, 0) is 16.2 Å². The van der Waals surface area contributed by atoms with E-state index in [9.17, 15) is 4.79 Å². The monoisotopic (exact) mass is 498 g/mol. The van der Waals surface area contributed by atoms with Crippen LogP contribution in [-0.4, -0.2) is 44.9 Å². The van der Waals surface area contributed by atoms with Gasteiger partial charge >= 0.3 is 5.97 Å². The van der Waals surface area contributed by atoms with Gasteiger partial charge in [-0.25, -0.2) is 4.68 Å². The third kappa shape index (κ3) is 5.27. The van der Waals surface area contributed by atoms with E-state index in [0.717, 1.165) is 36.5 Å². The maximum atomic E-state index is 12.3. The highest BCUT2D eigenvalue weighted by atomic mass is 35.5. The largest absolute Gasteiger partial charge is 0.466 e. The first kappa shape index (κ1) is 24.6.